The second-order valence-corrected chi connectivity index (χ2v) is 7.92. The highest BCUT2D eigenvalue weighted by atomic mass is 32.2. The van der Waals surface area contributed by atoms with Crippen molar-refractivity contribution in [3.63, 3.8) is 0 Å². The van der Waals surface area contributed by atoms with Crippen LogP contribution >= 0.6 is 11.8 Å². The normalized spacial score (nSPS) is 16.4. The molecule has 0 aliphatic carbocycles. The molecule has 0 aromatic heterocycles. The van der Waals surface area contributed by atoms with E-state index in [0.29, 0.717) is 23.1 Å². The van der Waals surface area contributed by atoms with Gasteiger partial charge in [0.1, 0.15) is 29.8 Å². The van der Waals surface area contributed by atoms with E-state index < -0.39 is 10.8 Å². The molecule has 0 atom stereocenters. The van der Waals surface area contributed by atoms with Gasteiger partial charge in [0, 0.05) is 12.1 Å². The number of nitro groups is 1. The van der Waals surface area contributed by atoms with Crippen molar-refractivity contribution in [3.8, 4) is 11.5 Å². The molecule has 1 N–H and O–H groups in total. The topological polar surface area (TPSA) is 130 Å². The van der Waals surface area contributed by atoms with E-state index >= 15 is 0 Å². The van der Waals surface area contributed by atoms with Crippen molar-refractivity contribution in [1.29, 1.82) is 5.41 Å². The predicted octanol–water partition coefficient (Wildman–Crippen LogP) is 4.08. The van der Waals surface area contributed by atoms with Gasteiger partial charge < -0.3 is 9.47 Å². The Balaban J connectivity index is 1.32. The van der Waals surface area contributed by atoms with Crippen molar-refractivity contribution in [2.24, 2.45) is 10.1 Å². The number of carbonyl (C=O) groups is 1. The molecule has 11 heteroatoms. The molecule has 33 heavy (non-hydrogen) atoms. The summed E-state index contributed by atoms with van der Waals surface area (Å²) < 4.78 is 11.2. The number of hydrazone groups is 1. The van der Waals surface area contributed by atoms with Gasteiger partial charge in [-0.3, -0.25) is 20.3 Å². The average molecular weight is 465 g/mol. The fourth-order valence-corrected chi connectivity index (χ4v) is 3.81. The van der Waals surface area contributed by atoms with E-state index in [2.05, 4.69) is 10.1 Å². The SMILES string of the molecule is CCC1=NN2C(=N)C(=Cc3ccc(OCCOc4ccc([N+](=O)[O-])cc4)cc3)C(=O)N=C2S1. The summed E-state index contributed by atoms with van der Waals surface area (Å²) in [5, 5.41) is 25.9. The Morgan fingerprint density at radius 1 is 1.09 bits per heavy atom. The van der Waals surface area contributed by atoms with Crippen molar-refractivity contribution < 1.29 is 19.2 Å². The van der Waals surface area contributed by atoms with E-state index in [4.69, 9.17) is 14.9 Å². The van der Waals surface area contributed by atoms with Crippen LogP contribution < -0.4 is 9.47 Å². The van der Waals surface area contributed by atoms with Crippen molar-refractivity contribution in [3.05, 3.63) is 69.8 Å². The van der Waals surface area contributed by atoms with Gasteiger partial charge in [-0.2, -0.15) is 15.1 Å². The van der Waals surface area contributed by atoms with Gasteiger partial charge in [0.05, 0.1) is 10.5 Å². The Labute approximate surface area is 193 Å². The maximum absolute atomic E-state index is 12.4. The first-order chi connectivity index (χ1) is 15.9. The lowest BCUT2D eigenvalue weighted by molar-refractivity contribution is -0.384. The molecule has 0 fully saturated rings. The van der Waals surface area contributed by atoms with Gasteiger partial charge in [0.15, 0.2) is 5.84 Å². The van der Waals surface area contributed by atoms with E-state index in [-0.39, 0.29) is 30.3 Å². The molecule has 168 valence electrons. The Bertz CT molecular complexity index is 1190. The molecule has 2 aliphatic rings. The number of fused-ring (bicyclic) bond motifs is 1. The zero-order valence-electron chi connectivity index (χ0n) is 17.6. The molecule has 2 aromatic carbocycles. The molecular formula is C22H19N5O5S. The number of ether oxygens (including phenoxy) is 2. The maximum atomic E-state index is 12.4. The van der Waals surface area contributed by atoms with E-state index in [0.717, 1.165) is 10.6 Å². The molecule has 0 radical (unpaired) electrons. The fraction of sp³-hybridized carbons (Fsp3) is 0.182. The van der Waals surface area contributed by atoms with Crippen LogP contribution in [0, 0.1) is 15.5 Å². The zero-order chi connectivity index (χ0) is 23.4. The van der Waals surface area contributed by atoms with Crippen molar-refractivity contribution >= 4 is 45.5 Å². The maximum Gasteiger partial charge on any atom is 0.283 e. The Hall–Kier alpha value is -3.99. The highest BCUT2D eigenvalue weighted by Crippen LogP contribution is 2.29. The summed E-state index contributed by atoms with van der Waals surface area (Å²) in [7, 11) is 0. The summed E-state index contributed by atoms with van der Waals surface area (Å²) in [6.07, 6.45) is 2.32. The van der Waals surface area contributed by atoms with Gasteiger partial charge in [-0.05, 0) is 54.1 Å². The lowest BCUT2D eigenvalue weighted by Gasteiger charge is -2.20. The van der Waals surface area contributed by atoms with Crippen LogP contribution in [0.1, 0.15) is 18.9 Å². The number of amides is 1. The second kappa shape index (κ2) is 9.65. The molecule has 0 saturated heterocycles. The third-order valence-corrected chi connectivity index (χ3v) is 5.71. The standard InChI is InChI=1S/C22H19N5O5S/c1-2-19-25-26-20(23)18(21(28)24-22(26)33-19)13-14-3-7-16(8-4-14)31-11-12-32-17-9-5-15(6-10-17)27(29)30/h3-10,13,23H,2,11-12H2,1H3. The Kier molecular flexibility index (Phi) is 6.50. The van der Waals surface area contributed by atoms with Gasteiger partial charge >= 0.3 is 0 Å². The van der Waals surface area contributed by atoms with Crippen molar-refractivity contribution in [2.45, 2.75) is 13.3 Å². The number of benzene rings is 2. The molecule has 0 bridgehead atoms. The van der Waals surface area contributed by atoms with Crippen LogP contribution in [0.25, 0.3) is 6.08 Å². The number of nitrogens with one attached hydrogen (secondary N) is 1. The predicted molar refractivity (Wildman–Crippen MR) is 126 cm³/mol. The molecule has 2 heterocycles. The van der Waals surface area contributed by atoms with Crippen LogP contribution in [0.5, 0.6) is 11.5 Å². The van der Waals surface area contributed by atoms with E-state index in [9.17, 15) is 14.9 Å². The molecule has 1 amide bonds. The first kappa shape index (κ1) is 22.2. The second-order valence-electron chi connectivity index (χ2n) is 6.88. The number of non-ortho nitro benzene ring substituents is 1. The summed E-state index contributed by atoms with van der Waals surface area (Å²) in [4.78, 5) is 26.6. The van der Waals surface area contributed by atoms with Crippen molar-refractivity contribution in [2.75, 3.05) is 13.2 Å². The highest BCUT2D eigenvalue weighted by molar-refractivity contribution is 8.26. The third-order valence-electron chi connectivity index (χ3n) is 4.66. The van der Waals surface area contributed by atoms with Crippen LogP contribution in [0.3, 0.4) is 0 Å². The monoisotopic (exact) mass is 465 g/mol. The van der Waals surface area contributed by atoms with Crippen LogP contribution in [0.2, 0.25) is 0 Å². The number of amidine groups is 2. The van der Waals surface area contributed by atoms with Crippen LogP contribution in [0.15, 0.2) is 64.2 Å². The summed E-state index contributed by atoms with van der Waals surface area (Å²) >= 11 is 1.31. The minimum atomic E-state index is -0.467. The average Bonchev–Trinajstić information content (AvgIpc) is 3.24. The van der Waals surface area contributed by atoms with Crippen molar-refractivity contribution in [1.82, 2.24) is 5.01 Å². The van der Waals surface area contributed by atoms with E-state index in [1.807, 2.05) is 6.92 Å². The lowest BCUT2D eigenvalue weighted by atomic mass is 10.1. The molecule has 2 aromatic rings. The summed E-state index contributed by atoms with van der Waals surface area (Å²) in [5.41, 5.74) is 0.900. The third kappa shape index (κ3) is 5.09. The molecular weight excluding hydrogens is 446 g/mol. The number of carbonyl (C=O) groups excluding carboxylic acids is 1. The molecule has 0 unspecified atom stereocenters. The van der Waals surface area contributed by atoms with Gasteiger partial charge in [0.25, 0.3) is 11.6 Å². The van der Waals surface area contributed by atoms with Crippen LogP contribution in [0.4, 0.5) is 5.69 Å². The molecule has 0 saturated carbocycles. The minimum Gasteiger partial charge on any atom is -0.490 e. The lowest BCUT2D eigenvalue weighted by Crippen LogP contribution is -2.35. The van der Waals surface area contributed by atoms with E-state index in [1.54, 1.807) is 30.3 Å². The fourth-order valence-electron chi connectivity index (χ4n) is 2.98. The molecule has 2 aliphatic heterocycles. The number of hydrogen-bond acceptors (Lipinski definition) is 8. The van der Waals surface area contributed by atoms with Gasteiger partial charge in [-0.15, -0.1) is 0 Å². The molecule has 10 nitrogen and oxygen atoms in total. The van der Waals surface area contributed by atoms with Gasteiger partial charge in [-0.25, -0.2) is 0 Å². The molecule has 0 spiro atoms. The van der Waals surface area contributed by atoms with Crippen LogP contribution in [-0.2, 0) is 4.79 Å². The largest absolute Gasteiger partial charge is 0.490 e. The smallest absolute Gasteiger partial charge is 0.283 e. The number of hydrogen-bond donors (Lipinski definition) is 1. The zero-order valence-corrected chi connectivity index (χ0v) is 18.4. The number of thioether (sulfide) groups is 1. The van der Waals surface area contributed by atoms with Crippen LogP contribution in [-0.4, -0.2) is 45.1 Å². The quantitative estimate of drug-likeness (QED) is 0.269. The number of aliphatic imine (C=N–C) groups is 1. The summed E-state index contributed by atoms with van der Waals surface area (Å²) in [6, 6.07) is 12.9. The summed E-state index contributed by atoms with van der Waals surface area (Å²) in [5.74, 6) is 0.672. The summed E-state index contributed by atoms with van der Waals surface area (Å²) in [6.45, 7) is 2.50. The van der Waals surface area contributed by atoms with Gasteiger partial charge in [-0.1, -0.05) is 19.1 Å². The first-order valence-corrected chi connectivity index (χ1v) is 10.9. The van der Waals surface area contributed by atoms with Gasteiger partial charge in [0.2, 0.25) is 5.17 Å². The minimum absolute atomic E-state index is 0.00345. The number of nitrogens with zero attached hydrogens (tertiary/aromatic N) is 4. The highest BCUT2D eigenvalue weighted by Gasteiger charge is 2.35. The van der Waals surface area contributed by atoms with E-state index in [1.165, 1.54) is 41.0 Å². The Morgan fingerprint density at radius 2 is 1.70 bits per heavy atom. The Morgan fingerprint density at radius 3 is 2.27 bits per heavy atom. The molecule has 4 rings (SSSR count). The number of rotatable bonds is 8. The number of nitro benzene ring substituents is 1. The first-order valence-electron chi connectivity index (χ1n) is 10.0.